The lowest BCUT2D eigenvalue weighted by Crippen LogP contribution is -2.16. The zero-order valence-corrected chi connectivity index (χ0v) is 13.7. The van der Waals surface area contributed by atoms with Crippen LogP contribution in [0.25, 0.3) is 0 Å². The van der Waals surface area contributed by atoms with Crippen LogP contribution in [0.5, 0.6) is 5.75 Å². The van der Waals surface area contributed by atoms with E-state index < -0.39 is 22.2 Å². The molecule has 0 aromatic heterocycles. The Hall–Kier alpha value is -2.48. The van der Waals surface area contributed by atoms with Crippen LogP contribution in [-0.2, 0) is 10.1 Å². The van der Waals surface area contributed by atoms with Crippen LogP contribution >= 0.6 is 0 Å². The highest BCUT2D eigenvalue weighted by molar-refractivity contribution is 7.85. The number of aliphatic hydroxyl groups excluding tert-OH is 1. The molecule has 2 N–H and O–H groups in total. The lowest BCUT2D eigenvalue weighted by atomic mass is 10.0. The highest BCUT2D eigenvalue weighted by Crippen LogP contribution is 2.19. The first-order chi connectivity index (χ1) is 11.2. The maximum absolute atomic E-state index is 12.4. The molecule has 1 atom stereocenters. The molecule has 0 spiro atoms. The van der Waals surface area contributed by atoms with Gasteiger partial charge in [-0.05, 0) is 48.9 Å². The molecule has 0 saturated heterocycles. The van der Waals surface area contributed by atoms with Gasteiger partial charge in [0.05, 0.1) is 4.90 Å². The van der Waals surface area contributed by atoms with E-state index in [9.17, 15) is 18.3 Å². The highest BCUT2D eigenvalue weighted by atomic mass is 32.2. The number of ketones is 1. The van der Waals surface area contributed by atoms with Gasteiger partial charge in [0.2, 0.25) is 6.29 Å². The van der Waals surface area contributed by atoms with Gasteiger partial charge in [-0.15, -0.1) is 0 Å². The second-order valence-electron chi connectivity index (χ2n) is 5.17. The Balaban J connectivity index is 2.23. The molecular formula is C17H16O6S. The Kier molecular flexibility index (Phi) is 5.18. The average Bonchev–Trinajstić information content (AvgIpc) is 2.54. The molecule has 0 aliphatic carbocycles. The minimum Gasteiger partial charge on any atom is -0.461 e. The van der Waals surface area contributed by atoms with Crippen LogP contribution in [0.2, 0.25) is 0 Å². The number of carbonyl (C=O) groups excluding carboxylic acids is 1. The first-order valence-corrected chi connectivity index (χ1v) is 8.35. The van der Waals surface area contributed by atoms with Crippen LogP contribution in [0.4, 0.5) is 0 Å². The lowest BCUT2D eigenvalue weighted by molar-refractivity contribution is 0.0151. The van der Waals surface area contributed by atoms with Crippen molar-refractivity contribution in [2.24, 2.45) is 0 Å². The van der Waals surface area contributed by atoms with Crippen LogP contribution in [0.15, 0.2) is 65.6 Å². The zero-order valence-electron chi connectivity index (χ0n) is 12.8. The van der Waals surface area contributed by atoms with Gasteiger partial charge in [-0.3, -0.25) is 9.35 Å². The van der Waals surface area contributed by atoms with Crippen LogP contribution in [-0.4, -0.2) is 30.2 Å². The second kappa shape index (κ2) is 6.96. The number of hydrogen-bond acceptors (Lipinski definition) is 5. The Bertz CT molecular complexity index is 868. The molecule has 0 radical (unpaired) electrons. The van der Waals surface area contributed by atoms with Gasteiger partial charge in [-0.2, -0.15) is 8.42 Å². The van der Waals surface area contributed by atoms with Crippen molar-refractivity contribution >= 4 is 15.9 Å². The molecule has 6 nitrogen and oxygen atoms in total. The summed E-state index contributed by atoms with van der Waals surface area (Å²) in [6.07, 6.45) is -1.14. The molecule has 24 heavy (non-hydrogen) atoms. The molecule has 2 aromatic carbocycles. The summed E-state index contributed by atoms with van der Waals surface area (Å²) in [6, 6.07) is 11.1. The fraction of sp³-hybridized carbons (Fsp3) is 0.118. The molecule has 0 saturated carbocycles. The molecule has 0 heterocycles. The molecule has 126 valence electrons. The number of hydrogen-bond donors (Lipinski definition) is 2. The van der Waals surface area contributed by atoms with Gasteiger partial charge in [-0.25, -0.2) is 0 Å². The molecule has 2 aromatic rings. The van der Waals surface area contributed by atoms with Crippen molar-refractivity contribution in [3.63, 3.8) is 0 Å². The van der Waals surface area contributed by atoms with Gasteiger partial charge in [0.1, 0.15) is 5.75 Å². The van der Waals surface area contributed by atoms with Gasteiger partial charge in [-0.1, -0.05) is 18.7 Å². The van der Waals surface area contributed by atoms with Crippen LogP contribution < -0.4 is 4.74 Å². The first-order valence-electron chi connectivity index (χ1n) is 6.91. The van der Waals surface area contributed by atoms with Gasteiger partial charge in [0.25, 0.3) is 10.1 Å². The number of benzene rings is 2. The predicted octanol–water partition coefficient (Wildman–Crippen LogP) is 2.44. The largest absolute Gasteiger partial charge is 0.461 e. The maximum Gasteiger partial charge on any atom is 0.294 e. The van der Waals surface area contributed by atoms with Crippen molar-refractivity contribution in [3.05, 3.63) is 71.8 Å². The average molecular weight is 348 g/mol. The predicted molar refractivity (Wildman–Crippen MR) is 87.6 cm³/mol. The zero-order chi connectivity index (χ0) is 17.9. The third-order valence-electron chi connectivity index (χ3n) is 3.18. The van der Waals surface area contributed by atoms with Crippen molar-refractivity contribution in [2.45, 2.75) is 18.1 Å². The summed E-state index contributed by atoms with van der Waals surface area (Å²) in [5, 5.41) is 9.57. The number of rotatable bonds is 6. The van der Waals surface area contributed by atoms with Crippen LogP contribution in [0.1, 0.15) is 22.8 Å². The Morgan fingerprint density at radius 3 is 2.29 bits per heavy atom. The van der Waals surface area contributed by atoms with Gasteiger partial charge in [0.15, 0.2) is 5.78 Å². The summed E-state index contributed by atoms with van der Waals surface area (Å²) in [4.78, 5) is 12.0. The fourth-order valence-electron chi connectivity index (χ4n) is 1.88. The van der Waals surface area contributed by atoms with Crippen LogP contribution in [0.3, 0.4) is 0 Å². The van der Waals surface area contributed by atoms with E-state index in [2.05, 4.69) is 6.58 Å². The van der Waals surface area contributed by atoms with E-state index >= 15 is 0 Å². The molecule has 1 unspecified atom stereocenters. The maximum atomic E-state index is 12.4. The van der Waals surface area contributed by atoms with E-state index in [0.29, 0.717) is 16.9 Å². The SMILES string of the molecule is C=C(C)C(O)Oc1ccc(C(=O)c2cccc(S(=O)(=O)O)c2)cc1. The Morgan fingerprint density at radius 1 is 1.12 bits per heavy atom. The summed E-state index contributed by atoms with van der Waals surface area (Å²) >= 11 is 0. The normalized spacial score (nSPS) is 12.5. The lowest BCUT2D eigenvalue weighted by Gasteiger charge is -2.13. The first kappa shape index (κ1) is 17.9. The van der Waals surface area contributed by atoms with Crippen LogP contribution in [0, 0.1) is 0 Å². The molecule has 0 aliphatic rings. The van der Waals surface area contributed by atoms with Crippen molar-refractivity contribution in [3.8, 4) is 5.75 Å². The minimum atomic E-state index is -4.38. The third kappa shape index (κ3) is 4.29. The van der Waals surface area contributed by atoms with E-state index in [-0.39, 0.29) is 10.5 Å². The smallest absolute Gasteiger partial charge is 0.294 e. The van der Waals surface area contributed by atoms with E-state index in [1.54, 1.807) is 6.92 Å². The number of ether oxygens (including phenoxy) is 1. The second-order valence-corrected chi connectivity index (χ2v) is 6.59. The molecular weight excluding hydrogens is 332 g/mol. The third-order valence-corrected chi connectivity index (χ3v) is 4.03. The standard InChI is InChI=1S/C17H16O6S/c1-11(2)17(19)23-14-8-6-12(7-9-14)16(18)13-4-3-5-15(10-13)24(20,21)22/h3-10,17,19H,1H2,2H3,(H,20,21,22). The molecule has 0 fully saturated rings. The molecule has 0 aliphatic heterocycles. The summed E-state index contributed by atoms with van der Waals surface area (Å²) in [5.41, 5.74) is 0.873. The van der Waals surface area contributed by atoms with Crippen molar-refractivity contribution in [1.29, 1.82) is 0 Å². The van der Waals surface area contributed by atoms with E-state index in [0.717, 1.165) is 6.07 Å². The van der Waals surface area contributed by atoms with Crippen molar-refractivity contribution < 1.29 is 27.6 Å². The highest BCUT2D eigenvalue weighted by Gasteiger charge is 2.15. The minimum absolute atomic E-state index is 0.126. The molecule has 7 heteroatoms. The van der Waals surface area contributed by atoms with E-state index in [1.807, 2.05) is 0 Å². The van der Waals surface area contributed by atoms with E-state index in [4.69, 9.17) is 9.29 Å². The quantitative estimate of drug-likeness (QED) is 0.360. The monoisotopic (exact) mass is 348 g/mol. The topological polar surface area (TPSA) is 101 Å². The van der Waals surface area contributed by atoms with Gasteiger partial charge < -0.3 is 9.84 Å². The summed E-state index contributed by atoms with van der Waals surface area (Å²) < 4.78 is 36.5. The molecule has 0 bridgehead atoms. The molecule has 0 amide bonds. The molecule has 2 rings (SSSR count). The fourth-order valence-corrected chi connectivity index (χ4v) is 2.41. The van der Waals surface area contributed by atoms with Crippen molar-refractivity contribution in [2.75, 3.05) is 0 Å². The van der Waals surface area contributed by atoms with Gasteiger partial charge >= 0.3 is 0 Å². The number of aliphatic hydroxyl groups is 1. The Morgan fingerprint density at radius 2 is 1.75 bits per heavy atom. The number of carbonyl (C=O) groups is 1. The Labute approximate surface area is 139 Å². The summed E-state index contributed by atoms with van der Waals surface area (Å²) in [6.45, 7) is 5.18. The van der Waals surface area contributed by atoms with Crippen molar-refractivity contribution in [1.82, 2.24) is 0 Å². The summed E-state index contributed by atoms with van der Waals surface area (Å²) in [5.74, 6) is -0.0544. The van der Waals surface area contributed by atoms with Gasteiger partial charge in [0, 0.05) is 11.1 Å². The van der Waals surface area contributed by atoms with E-state index in [1.165, 1.54) is 42.5 Å². The summed E-state index contributed by atoms with van der Waals surface area (Å²) in [7, 11) is -4.38.